The number of hydrogen-bond acceptors (Lipinski definition) is 9. The molecule has 3 aliphatic heterocycles. The van der Waals surface area contributed by atoms with E-state index in [9.17, 15) is 36.8 Å². The number of halogens is 1. The van der Waals surface area contributed by atoms with Crippen LogP contribution in [0.15, 0.2) is 30.4 Å². The van der Waals surface area contributed by atoms with E-state index >= 15 is 0 Å². The van der Waals surface area contributed by atoms with Gasteiger partial charge < -0.3 is 29.2 Å². The number of carbonyl (C=O) groups is 5. The van der Waals surface area contributed by atoms with Gasteiger partial charge in [-0.15, -0.1) is 0 Å². The molecule has 2 aliphatic carbocycles. The van der Waals surface area contributed by atoms with Crippen LogP contribution < -0.4 is 34.9 Å². The van der Waals surface area contributed by atoms with Gasteiger partial charge in [0.25, 0.3) is 0 Å². The van der Waals surface area contributed by atoms with Gasteiger partial charge in [-0.2, -0.15) is 0 Å². The molecule has 0 radical (unpaired) electrons. The van der Waals surface area contributed by atoms with Gasteiger partial charge in [-0.1, -0.05) is 37.1 Å². The number of hydrogen-bond donors (Lipinski definition) is 1. The van der Waals surface area contributed by atoms with Crippen molar-refractivity contribution in [2.24, 2.45) is 11.8 Å². The minimum absolute atomic E-state index is 0. The third-order valence-electron chi connectivity index (χ3n) is 10.1. The first-order chi connectivity index (χ1) is 23.4. The van der Waals surface area contributed by atoms with Crippen LogP contribution in [0.5, 0.6) is 0 Å². The van der Waals surface area contributed by atoms with Crippen molar-refractivity contribution in [3.8, 4) is 0 Å². The maximum Gasteiger partial charge on any atom is 1.00 e. The van der Waals surface area contributed by atoms with Gasteiger partial charge in [-0.3, -0.25) is 19.3 Å². The average Bonchev–Trinajstić information content (AvgIpc) is 3.94. The molecule has 1 N–H and O–H groups in total. The van der Waals surface area contributed by atoms with Gasteiger partial charge in [-0.25, -0.2) is 17.6 Å². The van der Waals surface area contributed by atoms with Crippen molar-refractivity contribution in [1.29, 1.82) is 0 Å². The molecule has 50 heavy (non-hydrogen) atoms. The van der Waals surface area contributed by atoms with Crippen LogP contribution in [0.1, 0.15) is 82.3 Å². The zero-order valence-corrected chi connectivity index (χ0v) is 31.3. The molecule has 0 unspecified atom stereocenters. The van der Waals surface area contributed by atoms with Crippen molar-refractivity contribution >= 4 is 39.8 Å². The molecule has 1 saturated heterocycles. The van der Waals surface area contributed by atoms with Crippen LogP contribution in [0.2, 0.25) is 0 Å². The van der Waals surface area contributed by atoms with Crippen molar-refractivity contribution < 1.29 is 75.8 Å². The molecule has 0 bridgehead atoms. The molecule has 0 aromatic heterocycles. The number of nitrogens with zero attached hydrogens (tertiary/aromatic N) is 3. The Kier molecular flexibility index (Phi) is 12.0. The normalized spacial score (nSPS) is 28.8. The fourth-order valence-electron chi connectivity index (χ4n) is 7.06. The number of amides is 4. The van der Waals surface area contributed by atoms with Crippen LogP contribution >= 0.6 is 0 Å². The van der Waals surface area contributed by atoms with Crippen LogP contribution in [0.3, 0.4) is 0 Å². The number of ether oxygens (including phenoxy) is 2. The minimum atomic E-state index is -4.03. The van der Waals surface area contributed by atoms with E-state index in [1.807, 2.05) is 6.08 Å². The summed E-state index contributed by atoms with van der Waals surface area (Å²) in [5, 5.41) is 2.06. The molecule has 5 aliphatic rings. The number of esters is 1. The SMILES string of the molecule is CCOC(=O)C[C@H]1CCCCC/C=C\[C@@H]2C[C@@]2(C(=O)[N-]S(=O)(=O)C2CC2)NC(=O)[C@@H]2C[C@@H](OC(=O)N3Cc4cccc(F)c4C3)CN2C1=O.[Na+]. The van der Waals surface area contributed by atoms with Crippen LogP contribution in [0.4, 0.5) is 9.18 Å². The molecule has 3 fully saturated rings. The standard InChI is InChI=1S/C34H43FN4O9S.Na/c1-2-47-29(40)15-21-9-6-4-3-5-7-11-23-17-34(23,32(43)37-49(45,46)25-13-14-25)36-30(41)28-16-24(19-39(28)31(21)42)48-33(44)38-18-22-10-8-12-27(35)26(22)20-38;/h7-8,10-12,21,23-25,28H,2-6,9,13-20H2,1H3,(H2,36,37,41,43);/q;+1/p-1/b11-7-;/t21-,23-,24-,28+,34-;/m1./s1. The van der Waals surface area contributed by atoms with Gasteiger partial charge >= 0.3 is 41.6 Å². The molecular formula is C34H42FN4NaO9S. The maximum absolute atomic E-state index is 14.4. The summed E-state index contributed by atoms with van der Waals surface area (Å²) in [6, 6.07) is 3.42. The summed E-state index contributed by atoms with van der Waals surface area (Å²) in [7, 11) is -4.03. The molecule has 5 atom stereocenters. The van der Waals surface area contributed by atoms with Crippen LogP contribution in [-0.2, 0) is 51.8 Å². The van der Waals surface area contributed by atoms with Crippen molar-refractivity contribution in [3.63, 3.8) is 0 Å². The number of sulfonamides is 1. The quantitative estimate of drug-likeness (QED) is 0.241. The number of allylic oxidation sites excluding steroid dienone is 1. The van der Waals surface area contributed by atoms with Gasteiger partial charge in [-0.05, 0) is 57.1 Å². The molecule has 266 valence electrons. The molecule has 6 rings (SSSR count). The van der Waals surface area contributed by atoms with E-state index in [2.05, 4.69) is 10.0 Å². The first-order valence-electron chi connectivity index (χ1n) is 17.1. The van der Waals surface area contributed by atoms with Crippen molar-refractivity contribution in [2.45, 2.75) is 107 Å². The second-order valence-corrected chi connectivity index (χ2v) is 15.5. The summed E-state index contributed by atoms with van der Waals surface area (Å²) < 4.78 is 54.2. The van der Waals surface area contributed by atoms with Gasteiger partial charge in [0.1, 0.15) is 18.0 Å². The average molecular weight is 725 g/mol. The molecule has 0 spiro atoms. The van der Waals surface area contributed by atoms with E-state index in [1.165, 1.54) is 15.9 Å². The van der Waals surface area contributed by atoms with E-state index < -0.39 is 80.4 Å². The van der Waals surface area contributed by atoms with E-state index in [-0.39, 0.29) is 75.1 Å². The zero-order valence-electron chi connectivity index (χ0n) is 28.5. The Bertz CT molecular complexity index is 1650. The third kappa shape index (κ3) is 8.37. The summed E-state index contributed by atoms with van der Waals surface area (Å²) >= 11 is 0. The smallest absolute Gasteiger partial charge is 0.544 e. The molecule has 4 amide bonds. The Morgan fingerprint density at radius 3 is 2.60 bits per heavy atom. The van der Waals surface area contributed by atoms with Crippen molar-refractivity contribution in [2.75, 3.05) is 13.2 Å². The predicted molar refractivity (Wildman–Crippen MR) is 172 cm³/mol. The Balaban J connectivity index is 0.00000486. The largest absolute Gasteiger partial charge is 1.00 e. The number of nitrogens with one attached hydrogen (secondary N) is 1. The molecule has 2 saturated carbocycles. The summed E-state index contributed by atoms with van der Waals surface area (Å²) in [5.41, 5.74) is -0.536. The number of carbonyl (C=O) groups excluding carboxylic acids is 5. The Morgan fingerprint density at radius 1 is 1.10 bits per heavy atom. The second kappa shape index (κ2) is 15.7. The Labute approximate surface area is 313 Å². The summed E-state index contributed by atoms with van der Waals surface area (Å²) in [5.74, 6) is -4.41. The van der Waals surface area contributed by atoms with E-state index in [0.717, 1.165) is 12.8 Å². The van der Waals surface area contributed by atoms with Crippen molar-refractivity contribution in [3.05, 3.63) is 52.0 Å². The molecule has 1 aromatic carbocycles. The fourth-order valence-corrected chi connectivity index (χ4v) is 8.34. The van der Waals surface area contributed by atoms with Crippen LogP contribution in [-0.4, -0.2) is 84.1 Å². The van der Waals surface area contributed by atoms with Gasteiger partial charge in [0, 0.05) is 35.6 Å². The first kappa shape index (κ1) is 38.2. The van der Waals surface area contributed by atoms with Gasteiger partial charge in [0.15, 0.2) is 0 Å². The third-order valence-corrected chi connectivity index (χ3v) is 11.8. The van der Waals surface area contributed by atoms with Crippen molar-refractivity contribution in [1.82, 2.24) is 15.1 Å². The number of fused-ring (bicyclic) bond motifs is 3. The molecule has 13 nitrogen and oxygen atoms in total. The number of rotatable bonds is 7. The summed E-state index contributed by atoms with van der Waals surface area (Å²) in [6.45, 7) is 1.80. The monoisotopic (exact) mass is 724 g/mol. The second-order valence-electron chi connectivity index (χ2n) is 13.6. The topological polar surface area (TPSA) is 171 Å². The predicted octanol–water partition coefficient (Wildman–Crippen LogP) is 0.609. The molecule has 3 heterocycles. The molecular weight excluding hydrogens is 682 g/mol. The molecule has 1 aromatic rings. The summed E-state index contributed by atoms with van der Waals surface area (Å²) in [6.07, 6.45) is 5.99. The zero-order chi connectivity index (χ0) is 34.9. The fraction of sp³-hybridized carbons (Fsp3) is 0.618. The van der Waals surface area contributed by atoms with E-state index in [4.69, 9.17) is 9.47 Å². The van der Waals surface area contributed by atoms with E-state index in [1.54, 1.807) is 25.1 Å². The van der Waals surface area contributed by atoms with Crippen LogP contribution in [0.25, 0.3) is 4.72 Å². The number of benzene rings is 1. The van der Waals surface area contributed by atoms with Gasteiger partial charge in [0.2, 0.25) is 11.8 Å². The Morgan fingerprint density at radius 2 is 1.88 bits per heavy atom. The van der Waals surface area contributed by atoms with Crippen LogP contribution in [0, 0.1) is 17.7 Å². The van der Waals surface area contributed by atoms with E-state index in [0.29, 0.717) is 43.2 Å². The summed E-state index contributed by atoms with van der Waals surface area (Å²) in [4.78, 5) is 70.2. The molecule has 16 heteroatoms. The minimum Gasteiger partial charge on any atom is -0.544 e. The first-order valence-corrected chi connectivity index (χ1v) is 18.6. The Hall–Kier alpha value is -3.01. The maximum atomic E-state index is 14.4. The van der Waals surface area contributed by atoms with Gasteiger partial charge in [0.05, 0.1) is 47.6 Å².